The van der Waals surface area contributed by atoms with Crippen LogP contribution in [0, 0.1) is 0 Å². The number of aromatic nitrogens is 2. The zero-order valence-corrected chi connectivity index (χ0v) is 15.7. The summed E-state index contributed by atoms with van der Waals surface area (Å²) < 4.78 is 7.79. The Hall–Kier alpha value is -1.92. The lowest BCUT2D eigenvalue weighted by molar-refractivity contribution is -0.129. The Kier molecular flexibility index (Phi) is 4.96. The van der Waals surface area contributed by atoms with Crippen molar-refractivity contribution in [1.29, 1.82) is 0 Å². The van der Waals surface area contributed by atoms with Crippen molar-refractivity contribution in [2.45, 2.75) is 38.8 Å². The van der Waals surface area contributed by atoms with Crippen LogP contribution in [-0.4, -0.2) is 70.7 Å². The van der Waals surface area contributed by atoms with E-state index in [0.717, 1.165) is 57.3 Å². The molecule has 2 aliphatic heterocycles. The second kappa shape index (κ2) is 7.37. The van der Waals surface area contributed by atoms with Crippen LogP contribution in [0.5, 0.6) is 0 Å². The number of likely N-dealkylation sites (tertiary alicyclic amines) is 1. The van der Waals surface area contributed by atoms with Crippen molar-refractivity contribution in [2.24, 2.45) is 0 Å². The Balaban J connectivity index is 1.60. The van der Waals surface area contributed by atoms with E-state index >= 15 is 0 Å². The van der Waals surface area contributed by atoms with E-state index < -0.39 is 0 Å². The molecule has 4 rings (SSSR count). The van der Waals surface area contributed by atoms with Crippen LogP contribution < -0.4 is 0 Å². The van der Waals surface area contributed by atoms with Gasteiger partial charge in [-0.15, -0.1) is 0 Å². The van der Waals surface area contributed by atoms with Crippen molar-refractivity contribution in [1.82, 2.24) is 19.4 Å². The number of carbonyl (C=O) groups excluding carboxylic acids is 1. The molecular formula is C20H28N4O2. The highest BCUT2D eigenvalue weighted by atomic mass is 16.5. The smallest absolute Gasteiger partial charge is 0.223 e. The minimum Gasteiger partial charge on any atom is -0.379 e. The Labute approximate surface area is 154 Å². The van der Waals surface area contributed by atoms with Gasteiger partial charge in [0.2, 0.25) is 5.91 Å². The van der Waals surface area contributed by atoms with Gasteiger partial charge in [0.1, 0.15) is 5.82 Å². The Morgan fingerprint density at radius 3 is 2.69 bits per heavy atom. The summed E-state index contributed by atoms with van der Waals surface area (Å²) >= 11 is 0. The van der Waals surface area contributed by atoms with Gasteiger partial charge in [-0.3, -0.25) is 9.69 Å². The van der Waals surface area contributed by atoms with E-state index in [9.17, 15) is 4.79 Å². The lowest BCUT2D eigenvalue weighted by Crippen LogP contribution is -2.38. The van der Waals surface area contributed by atoms with Gasteiger partial charge < -0.3 is 14.2 Å². The molecule has 6 nitrogen and oxygen atoms in total. The van der Waals surface area contributed by atoms with Gasteiger partial charge in [0.05, 0.1) is 24.2 Å². The van der Waals surface area contributed by atoms with Gasteiger partial charge in [0, 0.05) is 51.1 Å². The van der Waals surface area contributed by atoms with Crippen LogP contribution in [0.4, 0.5) is 0 Å². The number of rotatable bonds is 5. The van der Waals surface area contributed by atoms with Crippen LogP contribution >= 0.6 is 0 Å². The molecule has 0 radical (unpaired) electrons. The van der Waals surface area contributed by atoms with Gasteiger partial charge in [0.15, 0.2) is 0 Å². The summed E-state index contributed by atoms with van der Waals surface area (Å²) in [5, 5.41) is 0. The molecule has 1 unspecified atom stereocenters. The van der Waals surface area contributed by atoms with E-state index in [1.165, 1.54) is 5.52 Å². The van der Waals surface area contributed by atoms with Gasteiger partial charge in [-0.2, -0.15) is 0 Å². The highest BCUT2D eigenvalue weighted by Gasteiger charge is 2.35. The number of hydrogen-bond acceptors (Lipinski definition) is 4. The molecule has 2 aliphatic rings. The van der Waals surface area contributed by atoms with Gasteiger partial charge in [-0.05, 0) is 26.0 Å². The van der Waals surface area contributed by atoms with Crippen molar-refractivity contribution in [3.8, 4) is 0 Å². The van der Waals surface area contributed by atoms with Crippen LogP contribution in [0.1, 0.15) is 32.0 Å². The first kappa shape index (κ1) is 17.5. The average molecular weight is 356 g/mol. The standard InChI is InChI=1S/C20H28N4O2/c1-15(2)24-14-16(13-19(24)25)20-21-17-5-3-4-6-18(17)23(20)8-7-22-9-11-26-12-10-22/h3-6,15-16H,7-14H2,1-2H3. The molecule has 2 aromatic rings. The van der Waals surface area contributed by atoms with Gasteiger partial charge in [-0.1, -0.05) is 12.1 Å². The van der Waals surface area contributed by atoms with Crippen LogP contribution in [0.25, 0.3) is 11.0 Å². The number of para-hydroxylation sites is 2. The Morgan fingerprint density at radius 2 is 1.96 bits per heavy atom. The highest BCUT2D eigenvalue weighted by molar-refractivity contribution is 5.81. The molecule has 1 aromatic carbocycles. The molecular weight excluding hydrogens is 328 g/mol. The molecule has 1 amide bonds. The van der Waals surface area contributed by atoms with Crippen molar-refractivity contribution < 1.29 is 9.53 Å². The second-order valence-electron chi connectivity index (χ2n) is 7.61. The number of nitrogens with zero attached hydrogens (tertiary/aromatic N) is 4. The SMILES string of the molecule is CC(C)N1CC(c2nc3ccccc3n2CCN2CCOCC2)CC1=O. The maximum absolute atomic E-state index is 12.4. The van der Waals surface area contributed by atoms with E-state index in [0.29, 0.717) is 6.42 Å². The summed E-state index contributed by atoms with van der Waals surface area (Å²) in [5.74, 6) is 1.50. The van der Waals surface area contributed by atoms with Gasteiger partial charge in [-0.25, -0.2) is 4.98 Å². The number of benzene rings is 1. The van der Waals surface area contributed by atoms with Crippen LogP contribution in [-0.2, 0) is 16.1 Å². The van der Waals surface area contributed by atoms with Crippen molar-refractivity contribution in [2.75, 3.05) is 39.4 Å². The third kappa shape index (κ3) is 3.35. The Bertz CT molecular complexity index is 779. The number of ether oxygens (including phenoxy) is 1. The first-order valence-corrected chi connectivity index (χ1v) is 9.68. The number of imidazole rings is 1. The zero-order valence-electron chi connectivity index (χ0n) is 15.7. The molecule has 0 N–H and O–H groups in total. The third-order valence-corrected chi connectivity index (χ3v) is 5.57. The maximum atomic E-state index is 12.4. The van der Waals surface area contributed by atoms with Crippen molar-refractivity contribution in [3.05, 3.63) is 30.1 Å². The normalized spacial score (nSPS) is 22.0. The number of fused-ring (bicyclic) bond motifs is 1. The lowest BCUT2D eigenvalue weighted by Gasteiger charge is -2.27. The average Bonchev–Trinajstić information content (AvgIpc) is 3.21. The fourth-order valence-electron chi connectivity index (χ4n) is 4.11. The molecule has 6 heteroatoms. The van der Waals surface area contributed by atoms with E-state index in [4.69, 9.17) is 9.72 Å². The molecule has 140 valence electrons. The van der Waals surface area contributed by atoms with E-state index in [1.54, 1.807) is 0 Å². The predicted molar refractivity (Wildman–Crippen MR) is 101 cm³/mol. The molecule has 1 atom stereocenters. The largest absolute Gasteiger partial charge is 0.379 e. The quantitative estimate of drug-likeness (QED) is 0.823. The lowest BCUT2D eigenvalue weighted by atomic mass is 10.1. The molecule has 0 aliphatic carbocycles. The van der Waals surface area contributed by atoms with Gasteiger partial charge >= 0.3 is 0 Å². The van der Waals surface area contributed by atoms with Gasteiger partial charge in [0.25, 0.3) is 0 Å². The predicted octanol–water partition coefficient (Wildman–Crippen LogP) is 2.09. The monoisotopic (exact) mass is 356 g/mol. The number of amides is 1. The second-order valence-corrected chi connectivity index (χ2v) is 7.61. The molecule has 2 saturated heterocycles. The topological polar surface area (TPSA) is 50.6 Å². The van der Waals surface area contributed by atoms with Crippen molar-refractivity contribution in [3.63, 3.8) is 0 Å². The summed E-state index contributed by atoms with van der Waals surface area (Å²) in [7, 11) is 0. The third-order valence-electron chi connectivity index (χ3n) is 5.57. The highest BCUT2D eigenvalue weighted by Crippen LogP contribution is 2.31. The van der Waals surface area contributed by atoms with E-state index in [2.05, 4.69) is 41.5 Å². The summed E-state index contributed by atoms with van der Waals surface area (Å²) in [4.78, 5) is 21.8. The minimum absolute atomic E-state index is 0.182. The van der Waals surface area contributed by atoms with E-state index in [1.807, 2.05) is 11.0 Å². The molecule has 26 heavy (non-hydrogen) atoms. The first-order valence-electron chi connectivity index (χ1n) is 9.68. The molecule has 0 saturated carbocycles. The molecule has 1 aromatic heterocycles. The summed E-state index contributed by atoms with van der Waals surface area (Å²) in [6.07, 6.45) is 0.569. The fourth-order valence-corrected chi connectivity index (χ4v) is 4.11. The minimum atomic E-state index is 0.182. The summed E-state index contributed by atoms with van der Waals surface area (Å²) in [6.45, 7) is 10.5. The van der Waals surface area contributed by atoms with Crippen LogP contribution in [0.2, 0.25) is 0 Å². The molecule has 0 spiro atoms. The van der Waals surface area contributed by atoms with E-state index in [-0.39, 0.29) is 17.9 Å². The molecule has 3 heterocycles. The molecule has 2 fully saturated rings. The van der Waals surface area contributed by atoms with Crippen molar-refractivity contribution >= 4 is 16.9 Å². The first-order chi connectivity index (χ1) is 12.6. The van der Waals surface area contributed by atoms with Crippen LogP contribution in [0.15, 0.2) is 24.3 Å². The molecule has 0 bridgehead atoms. The number of carbonyl (C=O) groups is 1. The van der Waals surface area contributed by atoms with Crippen LogP contribution in [0.3, 0.4) is 0 Å². The maximum Gasteiger partial charge on any atom is 0.223 e. The summed E-state index contributed by atoms with van der Waals surface area (Å²) in [5.41, 5.74) is 2.20. The fraction of sp³-hybridized carbons (Fsp3) is 0.600. The zero-order chi connectivity index (χ0) is 18.1. The summed E-state index contributed by atoms with van der Waals surface area (Å²) in [6, 6.07) is 8.56. The number of morpholine rings is 1. The number of hydrogen-bond donors (Lipinski definition) is 0. The Morgan fingerprint density at radius 1 is 1.19 bits per heavy atom.